The zero-order valence-corrected chi connectivity index (χ0v) is 26.0. The van der Waals surface area contributed by atoms with Gasteiger partial charge in [0.15, 0.2) is 0 Å². The van der Waals surface area contributed by atoms with Crippen molar-refractivity contribution in [2.24, 2.45) is 0 Å². The fourth-order valence-corrected chi connectivity index (χ4v) is 5.08. The predicted molar refractivity (Wildman–Crippen MR) is 172 cm³/mol. The molecule has 2 nitrogen and oxygen atoms in total. The molecule has 0 aliphatic rings. The molecular weight excluding hydrogens is 488 g/mol. The SMILES string of the molecule is C/C=C\C=C/CC(C)c1cc(C(C)c2ccccc2)cc(C(C)c2ccccc2)c1OC(C)(C)CCOC(C)C. The second kappa shape index (κ2) is 15.1. The van der Waals surface area contributed by atoms with Gasteiger partial charge in [-0.05, 0) is 69.2 Å². The number of ether oxygens (including phenoxy) is 2. The van der Waals surface area contributed by atoms with Gasteiger partial charge in [-0.25, -0.2) is 0 Å². The molecule has 0 saturated heterocycles. The maximum Gasteiger partial charge on any atom is 0.127 e. The first-order valence-electron chi connectivity index (χ1n) is 15.0. The molecule has 0 bridgehead atoms. The van der Waals surface area contributed by atoms with Crippen LogP contribution >= 0.6 is 0 Å². The molecule has 0 aromatic heterocycles. The van der Waals surface area contributed by atoms with Crippen LogP contribution in [0.2, 0.25) is 0 Å². The number of allylic oxidation sites excluding steroid dienone is 4. The molecule has 0 amide bonds. The lowest BCUT2D eigenvalue weighted by atomic mass is 9.82. The van der Waals surface area contributed by atoms with Crippen molar-refractivity contribution in [2.75, 3.05) is 6.61 Å². The van der Waals surface area contributed by atoms with Gasteiger partial charge < -0.3 is 9.47 Å². The van der Waals surface area contributed by atoms with Crippen LogP contribution in [-0.4, -0.2) is 18.3 Å². The summed E-state index contributed by atoms with van der Waals surface area (Å²) in [5.74, 6) is 1.78. The van der Waals surface area contributed by atoms with Gasteiger partial charge in [-0.3, -0.25) is 0 Å². The van der Waals surface area contributed by atoms with Gasteiger partial charge in [-0.2, -0.15) is 0 Å². The van der Waals surface area contributed by atoms with Gasteiger partial charge in [0, 0.05) is 23.8 Å². The fourth-order valence-electron chi connectivity index (χ4n) is 5.08. The maximum absolute atomic E-state index is 7.06. The summed E-state index contributed by atoms with van der Waals surface area (Å²) >= 11 is 0. The van der Waals surface area contributed by atoms with Gasteiger partial charge in [0.05, 0.1) is 12.7 Å². The average Bonchev–Trinajstić information content (AvgIpc) is 2.95. The Morgan fingerprint density at radius 3 is 1.88 bits per heavy atom. The molecular formula is C38H50O2. The van der Waals surface area contributed by atoms with Crippen molar-refractivity contribution in [1.82, 2.24) is 0 Å². The van der Waals surface area contributed by atoms with Crippen LogP contribution in [0.5, 0.6) is 5.75 Å². The van der Waals surface area contributed by atoms with Crippen LogP contribution in [0.15, 0.2) is 97.1 Å². The van der Waals surface area contributed by atoms with Gasteiger partial charge in [0.25, 0.3) is 0 Å². The highest BCUT2D eigenvalue weighted by Gasteiger charge is 2.28. The molecule has 214 valence electrons. The lowest BCUT2D eigenvalue weighted by Crippen LogP contribution is -2.31. The monoisotopic (exact) mass is 538 g/mol. The molecule has 0 N–H and O–H groups in total. The number of benzene rings is 3. The summed E-state index contributed by atoms with van der Waals surface area (Å²) < 4.78 is 13.0. The van der Waals surface area contributed by atoms with E-state index in [-0.39, 0.29) is 23.5 Å². The maximum atomic E-state index is 7.06. The molecule has 0 spiro atoms. The van der Waals surface area contributed by atoms with Crippen LogP contribution in [0.1, 0.15) is 114 Å². The minimum atomic E-state index is -0.373. The summed E-state index contributed by atoms with van der Waals surface area (Å²) in [6.07, 6.45) is 10.6. The second-order valence-corrected chi connectivity index (χ2v) is 11.9. The smallest absolute Gasteiger partial charge is 0.127 e. The van der Waals surface area contributed by atoms with Gasteiger partial charge >= 0.3 is 0 Å². The zero-order chi connectivity index (χ0) is 29.1. The molecule has 3 atom stereocenters. The number of rotatable bonds is 14. The third kappa shape index (κ3) is 8.96. The van der Waals surface area contributed by atoms with E-state index in [4.69, 9.17) is 9.47 Å². The molecule has 0 saturated carbocycles. The van der Waals surface area contributed by atoms with Crippen molar-refractivity contribution < 1.29 is 9.47 Å². The first kappa shape index (κ1) is 31.4. The zero-order valence-electron chi connectivity index (χ0n) is 26.0. The van der Waals surface area contributed by atoms with Crippen molar-refractivity contribution in [1.29, 1.82) is 0 Å². The van der Waals surface area contributed by atoms with Gasteiger partial charge in [0.2, 0.25) is 0 Å². The third-order valence-corrected chi connectivity index (χ3v) is 7.73. The van der Waals surface area contributed by atoms with E-state index in [1.54, 1.807) is 0 Å². The first-order chi connectivity index (χ1) is 19.1. The van der Waals surface area contributed by atoms with Crippen molar-refractivity contribution in [3.05, 3.63) is 125 Å². The highest BCUT2D eigenvalue weighted by atomic mass is 16.5. The van der Waals surface area contributed by atoms with Crippen molar-refractivity contribution in [3.8, 4) is 5.75 Å². The van der Waals surface area contributed by atoms with Gasteiger partial charge in [-0.1, -0.05) is 118 Å². The van der Waals surface area contributed by atoms with E-state index in [0.717, 1.165) is 18.6 Å². The molecule has 0 radical (unpaired) electrons. The molecule has 2 heteroatoms. The lowest BCUT2D eigenvalue weighted by molar-refractivity contribution is 0.0221. The van der Waals surface area contributed by atoms with Crippen LogP contribution in [0.3, 0.4) is 0 Å². The van der Waals surface area contributed by atoms with E-state index in [1.807, 2.05) is 0 Å². The number of hydrogen-bond donors (Lipinski definition) is 0. The third-order valence-electron chi connectivity index (χ3n) is 7.73. The van der Waals surface area contributed by atoms with E-state index in [9.17, 15) is 0 Å². The quantitative estimate of drug-likeness (QED) is 0.190. The van der Waals surface area contributed by atoms with Crippen molar-refractivity contribution >= 4 is 0 Å². The van der Waals surface area contributed by atoms with E-state index >= 15 is 0 Å². The Labute approximate surface area is 244 Å². The van der Waals surface area contributed by atoms with Gasteiger partial charge in [-0.15, -0.1) is 0 Å². The summed E-state index contributed by atoms with van der Waals surface area (Å²) in [6, 6.07) is 26.4. The van der Waals surface area contributed by atoms with E-state index in [2.05, 4.69) is 152 Å². The lowest BCUT2D eigenvalue weighted by Gasteiger charge is -2.33. The summed E-state index contributed by atoms with van der Waals surface area (Å²) in [5.41, 5.74) is 6.11. The average molecular weight is 539 g/mol. The van der Waals surface area contributed by atoms with Crippen LogP contribution in [0.25, 0.3) is 0 Å². The van der Waals surface area contributed by atoms with Crippen molar-refractivity contribution in [3.63, 3.8) is 0 Å². The molecule has 3 aromatic rings. The molecule has 0 fully saturated rings. The minimum absolute atomic E-state index is 0.186. The standard InChI is InChI=1S/C38H50O2/c1-9-10-11-14-19-29(4)35-26-34(30(5)32-20-15-12-16-21-32)27-36(31(6)33-22-17-13-18-23-33)37(35)40-38(7,8)24-25-39-28(2)3/h9-18,20-23,26-31H,19,24-25H2,1-8H3/b10-9-,14-11-. The van der Waals surface area contributed by atoms with Crippen molar-refractivity contribution in [2.45, 2.75) is 97.7 Å². The van der Waals surface area contributed by atoms with Crippen LogP contribution in [0, 0.1) is 0 Å². The Morgan fingerprint density at radius 1 is 0.725 bits per heavy atom. The molecule has 3 unspecified atom stereocenters. The summed E-state index contributed by atoms with van der Waals surface area (Å²) in [5, 5.41) is 0. The normalized spacial score (nSPS) is 14.6. The molecule has 40 heavy (non-hydrogen) atoms. The first-order valence-corrected chi connectivity index (χ1v) is 15.0. The van der Waals surface area contributed by atoms with Crippen LogP contribution < -0.4 is 4.74 Å². The molecule has 3 rings (SSSR count). The van der Waals surface area contributed by atoms with E-state index in [1.165, 1.54) is 27.8 Å². The molecule has 0 heterocycles. The minimum Gasteiger partial charge on any atom is -0.487 e. The van der Waals surface area contributed by atoms with Crippen LogP contribution in [0.4, 0.5) is 0 Å². The topological polar surface area (TPSA) is 18.5 Å². The van der Waals surface area contributed by atoms with E-state index in [0.29, 0.717) is 12.5 Å². The molecule has 0 aliphatic carbocycles. The summed E-state index contributed by atoms with van der Waals surface area (Å²) in [7, 11) is 0. The summed E-state index contributed by atoms with van der Waals surface area (Å²) in [4.78, 5) is 0. The Kier molecular flexibility index (Phi) is 11.8. The Hall–Kier alpha value is -3.10. The Bertz CT molecular complexity index is 1220. The highest BCUT2D eigenvalue weighted by Crippen LogP contribution is 2.43. The van der Waals surface area contributed by atoms with Crippen LogP contribution in [-0.2, 0) is 4.74 Å². The summed E-state index contributed by atoms with van der Waals surface area (Å²) in [6.45, 7) is 18.2. The largest absolute Gasteiger partial charge is 0.487 e. The highest BCUT2D eigenvalue weighted by molar-refractivity contribution is 5.53. The Balaban J connectivity index is 2.17. The molecule has 3 aromatic carbocycles. The number of hydrogen-bond acceptors (Lipinski definition) is 2. The van der Waals surface area contributed by atoms with E-state index < -0.39 is 0 Å². The Morgan fingerprint density at radius 2 is 1.30 bits per heavy atom. The predicted octanol–water partition coefficient (Wildman–Crippen LogP) is 10.6. The fraction of sp³-hybridized carbons (Fsp3) is 0.421. The molecule has 0 aliphatic heterocycles. The second-order valence-electron chi connectivity index (χ2n) is 11.9. The van der Waals surface area contributed by atoms with Gasteiger partial charge in [0.1, 0.15) is 11.4 Å².